The van der Waals surface area contributed by atoms with Gasteiger partial charge in [-0.3, -0.25) is 23.9 Å². The van der Waals surface area contributed by atoms with E-state index in [0.29, 0.717) is 51.5 Å². The van der Waals surface area contributed by atoms with E-state index >= 15 is 0 Å². The van der Waals surface area contributed by atoms with Crippen molar-refractivity contribution in [2.24, 2.45) is 0 Å². The number of hydrogen-bond acceptors (Lipinski definition) is 10. The van der Waals surface area contributed by atoms with Crippen LogP contribution in [0.15, 0.2) is 66.7 Å². The Morgan fingerprint density at radius 3 is 2.47 bits per heavy atom. The van der Waals surface area contributed by atoms with E-state index in [2.05, 4.69) is 16.3 Å². The third-order valence-corrected chi connectivity index (χ3v) is 10.9. The monoisotopic (exact) mass is 767 g/mol. The minimum absolute atomic E-state index is 0.217. The third-order valence-electron chi connectivity index (χ3n) is 9.06. The number of esters is 1. The number of rotatable bonds is 17. The molecule has 1 fully saturated rings. The highest BCUT2D eigenvalue weighted by Crippen LogP contribution is 2.31. The number of ether oxygens (including phenoxy) is 3. The van der Waals surface area contributed by atoms with Gasteiger partial charge in [0, 0.05) is 34.8 Å². The molecule has 1 unspecified atom stereocenters. The predicted octanol–water partition coefficient (Wildman–Crippen LogP) is 4.73. The zero-order chi connectivity index (χ0) is 38.0. The molecule has 0 radical (unpaired) electrons. The van der Waals surface area contributed by atoms with Crippen molar-refractivity contribution in [3.8, 4) is 11.5 Å². The van der Waals surface area contributed by atoms with Crippen LogP contribution in [0.1, 0.15) is 52.9 Å². The van der Waals surface area contributed by atoms with Crippen LogP contribution >= 0.6 is 11.6 Å². The number of likely N-dealkylation sites (tertiary alicyclic amines) is 1. The zero-order valence-electron chi connectivity index (χ0n) is 30.0. The lowest BCUT2D eigenvalue weighted by atomic mass is 10.1. The quantitative estimate of drug-likeness (QED) is 0.114. The maximum absolute atomic E-state index is 13.5. The van der Waals surface area contributed by atoms with Crippen molar-refractivity contribution in [1.82, 2.24) is 14.8 Å². The summed E-state index contributed by atoms with van der Waals surface area (Å²) >= 11 is 6.00. The second kappa shape index (κ2) is 18.6. The minimum atomic E-state index is -4.02. The van der Waals surface area contributed by atoms with Crippen molar-refractivity contribution in [2.45, 2.75) is 51.7 Å². The average molecular weight is 768 g/mol. The Morgan fingerprint density at radius 1 is 0.981 bits per heavy atom. The first-order valence-corrected chi connectivity index (χ1v) is 19.9. The molecule has 53 heavy (non-hydrogen) atoms. The molecule has 0 saturated carbocycles. The number of nitrogens with zero attached hydrogens (tertiary/aromatic N) is 2. The number of aromatic nitrogens is 1. The summed E-state index contributed by atoms with van der Waals surface area (Å²) < 4.78 is 43.2. The van der Waals surface area contributed by atoms with Gasteiger partial charge in [0.25, 0.3) is 5.91 Å². The lowest BCUT2D eigenvalue weighted by molar-refractivity contribution is -0.145. The fourth-order valence-corrected chi connectivity index (χ4v) is 7.86. The van der Waals surface area contributed by atoms with Gasteiger partial charge in [-0.15, -0.1) is 0 Å². The van der Waals surface area contributed by atoms with Crippen molar-refractivity contribution in [3.05, 3.63) is 94.1 Å². The molecular weight excluding hydrogens is 722 g/mol. The molecule has 5 rings (SSSR count). The van der Waals surface area contributed by atoms with E-state index in [4.69, 9.17) is 25.8 Å². The van der Waals surface area contributed by atoms with Gasteiger partial charge >= 0.3 is 5.97 Å². The molecule has 0 aliphatic carbocycles. The number of benzene rings is 3. The summed E-state index contributed by atoms with van der Waals surface area (Å²) in [6.07, 6.45) is 2.40. The molecular formula is C39H46ClN3O9S. The molecule has 1 saturated heterocycles. The van der Waals surface area contributed by atoms with Crippen LogP contribution in [-0.4, -0.2) is 98.3 Å². The van der Waals surface area contributed by atoms with E-state index in [0.717, 1.165) is 25.4 Å². The molecule has 4 aromatic rings. The van der Waals surface area contributed by atoms with Gasteiger partial charge in [-0.1, -0.05) is 30.2 Å². The lowest BCUT2D eigenvalue weighted by Gasteiger charge is -2.26. The second-order valence-corrected chi connectivity index (χ2v) is 15.7. The molecule has 0 bridgehead atoms. The number of nitrogens with one attached hydrogen (secondary N) is 1. The maximum atomic E-state index is 13.5. The number of aliphatic hydroxyl groups excluding tert-OH is 1. The first-order chi connectivity index (χ1) is 25.4. The van der Waals surface area contributed by atoms with Gasteiger partial charge in [0.05, 0.1) is 31.4 Å². The summed E-state index contributed by atoms with van der Waals surface area (Å²) in [5, 5.41) is 14.1. The van der Waals surface area contributed by atoms with Crippen LogP contribution in [0, 0.1) is 6.92 Å². The van der Waals surface area contributed by atoms with Gasteiger partial charge in [0.1, 0.15) is 30.0 Å². The molecule has 12 nitrogen and oxygen atoms in total. The largest absolute Gasteiger partial charge is 0.497 e. The minimum Gasteiger partial charge on any atom is -0.497 e. The molecule has 1 aliphatic rings. The number of carbonyl (C=O) groups is 3. The van der Waals surface area contributed by atoms with E-state index in [-0.39, 0.29) is 18.9 Å². The summed E-state index contributed by atoms with van der Waals surface area (Å²) in [5.41, 5.74) is 3.14. The number of methoxy groups -OCH3 is 1. The highest BCUT2D eigenvalue weighted by Gasteiger charge is 2.25. The van der Waals surface area contributed by atoms with Crippen LogP contribution in [0.4, 0.5) is 0 Å². The molecule has 14 heteroatoms. The Hall–Kier alpha value is -4.43. The first kappa shape index (κ1) is 39.8. The number of fused-ring (bicyclic) bond motifs is 1. The molecule has 1 aliphatic heterocycles. The number of aliphatic hydroxyl groups is 1. The first-order valence-electron chi connectivity index (χ1n) is 17.7. The highest BCUT2D eigenvalue weighted by atomic mass is 35.5. The Bertz CT molecular complexity index is 2010. The molecule has 284 valence electrons. The van der Waals surface area contributed by atoms with Crippen molar-refractivity contribution in [2.75, 3.05) is 51.5 Å². The van der Waals surface area contributed by atoms with Crippen molar-refractivity contribution >= 4 is 50.1 Å². The van der Waals surface area contributed by atoms with Gasteiger partial charge < -0.3 is 24.6 Å². The Labute approximate surface area is 314 Å². The molecule has 1 aromatic heterocycles. The summed E-state index contributed by atoms with van der Waals surface area (Å²) in [7, 11) is -2.52. The lowest BCUT2D eigenvalue weighted by Crippen LogP contribution is -2.36. The number of amides is 1. The van der Waals surface area contributed by atoms with E-state index in [1.165, 1.54) is 36.5 Å². The fourth-order valence-electron chi connectivity index (χ4n) is 6.43. The van der Waals surface area contributed by atoms with Crippen LogP contribution in [0.2, 0.25) is 5.02 Å². The highest BCUT2D eigenvalue weighted by molar-refractivity contribution is 7.92. The number of sulfone groups is 1. The van der Waals surface area contributed by atoms with Crippen molar-refractivity contribution < 1.29 is 42.1 Å². The summed E-state index contributed by atoms with van der Waals surface area (Å²) in [5.74, 6) is -2.09. The molecule has 3 aromatic carbocycles. The molecule has 1 amide bonds. The summed E-state index contributed by atoms with van der Waals surface area (Å²) in [6, 6.07) is 19.5. The summed E-state index contributed by atoms with van der Waals surface area (Å²) in [6.45, 7) is 4.77. The molecule has 1 atom stereocenters. The van der Waals surface area contributed by atoms with Crippen LogP contribution in [0.3, 0.4) is 0 Å². The third kappa shape index (κ3) is 11.3. The zero-order valence-corrected chi connectivity index (χ0v) is 31.6. The Morgan fingerprint density at radius 2 is 1.74 bits per heavy atom. The van der Waals surface area contributed by atoms with Gasteiger partial charge in [0.15, 0.2) is 9.84 Å². The molecule has 2 heterocycles. The maximum Gasteiger partial charge on any atom is 0.310 e. The summed E-state index contributed by atoms with van der Waals surface area (Å²) in [4.78, 5) is 41.3. The smallest absolute Gasteiger partial charge is 0.310 e. The van der Waals surface area contributed by atoms with Gasteiger partial charge in [-0.25, -0.2) is 8.42 Å². The van der Waals surface area contributed by atoms with Crippen LogP contribution in [-0.2, 0) is 37.1 Å². The van der Waals surface area contributed by atoms with Gasteiger partial charge in [-0.2, -0.15) is 0 Å². The number of hydrogen-bond donors (Lipinski definition) is 2. The Balaban J connectivity index is 1.06. The van der Waals surface area contributed by atoms with E-state index < -0.39 is 45.9 Å². The standard InChI is InChI=1S/C39H46ClN3O9S/c1-27-34(35-21-32(50-2)14-15-36(35)43(27)39(47)29-10-12-30(40)13-11-29)22-38(46)52-24-31(44)25-53(48,49)26-37(45)41-16-7-19-51-33-9-6-8-28(20-33)23-42-17-4-3-5-18-42/h6,8-15,20-21,31,44H,3-5,7,16-19,22-26H2,1-2H3,(H,41,45). The van der Waals surface area contributed by atoms with Crippen LogP contribution < -0.4 is 14.8 Å². The van der Waals surface area contributed by atoms with Crippen LogP contribution in [0.5, 0.6) is 11.5 Å². The van der Waals surface area contributed by atoms with E-state index in [9.17, 15) is 27.9 Å². The number of carbonyl (C=O) groups excluding carboxylic acids is 3. The van der Waals surface area contributed by atoms with Crippen molar-refractivity contribution in [1.29, 1.82) is 0 Å². The van der Waals surface area contributed by atoms with E-state index in [1.54, 1.807) is 49.4 Å². The number of piperidine rings is 1. The number of halogens is 1. The van der Waals surface area contributed by atoms with Crippen molar-refractivity contribution in [3.63, 3.8) is 0 Å². The molecule has 0 spiro atoms. The van der Waals surface area contributed by atoms with Gasteiger partial charge in [-0.05, 0) is 105 Å². The van der Waals surface area contributed by atoms with Crippen LogP contribution in [0.25, 0.3) is 10.9 Å². The topological polar surface area (TPSA) is 153 Å². The SMILES string of the molecule is COc1ccc2c(c1)c(CC(=O)OCC(O)CS(=O)(=O)CC(=O)NCCCOc1cccc(CN3CCCCC3)c1)c(C)n2C(=O)c1ccc(Cl)cc1. The predicted molar refractivity (Wildman–Crippen MR) is 202 cm³/mol. The fraction of sp³-hybridized carbons (Fsp3) is 0.410. The molecule has 2 N–H and O–H groups in total. The second-order valence-electron chi connectivity index (χ2n) is 13.2. The normalized spacial score (nSPS) is 14.1. The van der Waals surface area contributed by atoms with Gasteiger partial charge in [0.2, 0.25) is 5.91 Å². The Kier molecular flexibility index (Phi) is 13.9. The average Bonchev–Trinajstić information content (AvgIpc) is 3.40. The van der Waals surface area contributed by atoms with E-state index in [1.807, 2.05) is 18.2 Å².